The minimum atomic E-state index is -0.606. The molecule has 0 radical (unpaired) electrons. The number of nitrogens with one attached hydrogen (secondary N) is 2. The Hall–Kier alpha value is -2.28. The predicted molar refractivity (Wildman–Crippen MR) is 78.2 cm³/mol. The molecule has 20 heavy (non-hydrogen) atoms. The third-order valence-corrected chi connectivity index (χ3v) is 3.33. The lowest BCUT2D eigenvalue weighted by Crippen LogP contribution is -2.32. The van der Waals surface area contributed by atoms with Gasteiger partial charge in [-0.3, -0.25) is 19.1 Å². The Kier molecular flexibility index (Phi) is 4.41. The van der Waals surface area contributed by atoms with E-state index in [1.165, 1.54) is 12.3 Å². The van der Waals surface area contributed by atoms with E-state index < -0.39 is 11.2 Å². The second-order valence-corrected chi connectivity index (χ2v) is 4.89. The summed E-state index contributed by atoms with van der Waals surface area (Å²) < 4.78 is 1.13. The first-order valence-corrected chi connectivity index (χ1v) is 7.04. The number of carbonyl (C=O) groups is 1. The number of carbonyl (C=O) groups excluding carboxylic acids is 1. The van der Waals surface area contributed by atoms with Gasteiger partial charge in [-0.1, -0.05) is 0 Å². The first-order valence-electron chi connectivity index (χ1n) is 5.82. The minimum absolute atomic E-state index is 0.153. The SMILES string of the molecule is CSc1ccc(NC(=O)Cn2ccc(=O)[nH]c2=O)cc1. The van der Waals surface area contributed by atoms with Crippen LogP contribution in [-0.4, -0.2) is 21.7 Å². The van der Waals surface area contributed by atoms with Gasteiger partial charge >= 0.3 is 5.69 Å². The monoisotopic (exact) mass is 291 g/mol. The van der Waals surface area contributed by atoms with Gasteiger partial charge in [0.1, 0.15) is 6.54 Å². The zero-order valence-electron chi connectivity index (χ0n) is 10.8. The molecule has 0 fully saturated rings. The van der Waals surface area contributed by atoms with E-state index in [4.69, 9.17) is 0 Å². The summed E-state index contributed by atoms with van der Waals surface area (Å²) in [6, 6.07) is 8.57. The van der Waals surface area contributed by atoms with Gasteiger partial charge in [0.15, 0.2) is 0 Å². The Labute approximate surface area is 118 Å². The number of hydrogen-bond donors (Lipinski definition) is 2. The van der Waals surface area contributed by atoms with Gasteiger partial charge < -0.3 is 5.32 Å². The highest BCUT2D eigenvalue weighted by Gasteiger charge is 2.05. The van der Waals surface area contributed by atoms with Crippen LogP contribution >= 0.6 is 11.8 Å². The second kappa shape index (κ2) is 6.25. The Morgan fingerprint density at radius 3 is 2.55 bits per heavy atom. The van der Waals surface area contributed by atoms with Crippen LogP contribution in [-0.2, 0) is 11.3 Å². The lowest BCUT2D eigenvalue weighted by Gasteiger charge is -2.07. The maximum atomic E-state index is 11.8. The van der Waals surface area contributed by atoms with Crippen molar-refractivity contribution < 1.29 is 4.79 Å². The van der Waals surface area contributed by atoms with E-state index in [1.54, 1.807) is 23.9 Å². The molecule has 0 atom stereocenters. The lowest BCUT2D eigenvalue weighted by molar-refractivity contribution is -0.116. The molecule has 2 aromatic rings. The van der Waals surface area contributed by atoms with Crippen molar-refractivity contribution in [3.8, 4) is 0 Å². The number of aromatic amines is 1. The normalized spacial score (nSPS) is 10.2. The van der Waals surface area contributed by atoms with Crippen molar-refractivity contribution in [2.45, 2.75) is 11.4 Å². The molecule has 0 aliphatic carbocycles. The molecule has 0 saturated carbocycles. The highest BCUT2D eigenvalue weighted by molar-refractivity contribution is 7.98. The molecule has 1 aromatic heterocycles. The first kappa shape index (κ1) is 14.1. The van der Waals surface area contributed by atoms with Crippen molar-refractivity contribution in [2.24, 2.45) is 0 Å². The molecule has 6 nitrogen and oxygen atoms in total. The van der Waals surface area contributed by atoms with Crippen molar-refractivity contribution in [1.29, 1.82) is 0 Å². The quantitative estimate of drug-likeness (QED) is 0.820. The molecule has 0 bridgehead atoms. The van der Waals surface area contributed by atoms with Gasteiger partial charge in [0.2, 0.25) is 5.91 Å². The number of hydrogen-bond acceptors (Lipinski definition) is 4. The van der Waals surface area contributed by atoms with Gasteiger partial charge in [-0.25, -0.2) is 4.79 Å². The van der Waals surface area contributed by atoms with E-state index in [9.17, 15) is 14.4 Å². The lowest BCUT2D eigenvalue weighted by atomic mass is 10.3. The van der Waals surface area contributed by atoms with Gasteiger partial charge in [0, 0.05) is 22.8 Å². The largest absolute Gasteiger partial charge is 0.328 e. The average Bonchev–Trinajstić information content (AvgIpc) is 2.43. The summed E-state index contributed by atoms with van der Waals surface area (Å²) in [5, 5.41) is 2.68. The fourth-order valence-corrected chi connectivity index (χ4v) is 2.01. The predicted octanol–water partition coefficient (Wildman–Crippen LogP) is 0.897. The van der Waals surface area contributed by atoms with Crippen LogP contribution in [0.5, 0.6) is 0 Å². The van der Waals surface area contributed by atoms with Gasteiger partial charge in [0.05, 0.1) is 0 Å². The molecule has 0 unspecified atom stereocenters. The van der Waals surface area contributed by atoms with Crippen LogP contribution in [0.4, 0.5) is 5.69 Å². The minimum Gasteiger partial charge on any atom is -0.325 e. The third-order valence-electron chi connectivity index (χ3n) is 2.58. The zero-order valence-corrected chi connectivity index (χ0v) is 11.6. The molecule has 0 saturated heterocycles. The Balaban J connectivity index is 2.04. The maximum absolute atomic E-state index is 11.8. The topological polar surface area (TPSA) is 84.0 Å². The fourth-order valence-electron chi connectivity index (χ4n) is 1.60. The second-order valence-electron chi connectivity index (χ2n) is 4.01. The number of anilines is 1. The number of aromatic nitrogens is 2. The fraction of sp³-hybridized carbons (Fsp3) is 0.154. The number of nitrogens with zero attached hydrogens (tertiary/aromatic N) is 1. The van der Waals surface area contributed by atoms with Crippen molar-refractivity contribution in [1.82, 2.24) is 9.55 Å². The third kappa shape index (κ3) is 3.61. The van der Waals surface area contributed by atoms with Gasteiger partial charge in [-0.2, -0.15) is 0 Å². The number of H-pyrrole nitrogens is 1. The van der Waals surface area contributed by atoms with E-state index in [0.717, 1.165) is 9.46 Å². The summed E-state index contributed by atoms with van der Waals surface area (Å²) in [7, 11) is 0. The molecule has 0 aliphatic heterocycles. The molecular weight excluding hydrogens is 278 g/mol. The van der Waals surface area contributed by atoms with Gasteiger partial charge in [-0.15, -0.1) is 11.8 Å². The number of amides is 1. The number of rotatable bonds is 4. The van der Waals surface area contributed by atoms with Gasteiger partial charge in [-0.05, 0) is 30.5 Å². The van der Waals surface area contributed by atoms with Crippen LogP contribution < -0.4 is 16.6 Å². The Bertz CT molecular complexity index is 719. The molecule has 1 aromatic carbocycles. The molecule has 0 aliphatic rings. The molecule has 7 heteroatoms. The smallest absolute Gasteiger partial charge is 0.325 e. The van der Waals surface area contributed by atoms with Crippen molar-refractivity contribution in [3.05, 3.63) is 57.4 Å². The average molecular weight is 291 g/mol. The van der Waals surface area contributed by atoms with Crippen molar-refractivity contribution >= 4 is 23.4 Å². The van der Waals surface area contributed by atoms with Crippen molar-refractivity contribution in [2.75, 3.05) is 11.6 Å². The van der Waals surface area contributed by atoms with Crippen LogP contribution in [0.3, 0.4) is 0 Å². The summed E-state index contributed by atoms with van der Waals surface area (Å²) in [6.45, 7) is -0.153. The van der Waals surface area contributed by atoms with Crippen LogP contribution in [0, 0.1) is 0 Å². The molecule has 2 N–H and O–H groups in total. The first-order chi connectivity index (χ1) is 9.58. The van der Waals surface area contributed by atoms with Crippen LogP contribution in [0.2, 0.25) is 0 Å². The summed E-state index contributed by atoms with van der Waals surface area (Å²) in [6.07, 6.45) is 3.26. The summed E-state index contributed by atoms with van der Waals surface area (Å²) in [4.78, 5) is 37.3. The standard InChI is InChI=1S/C13H13N3O3S/c1-20-10-4-2-9(3-5-10)14-12(18)8-16-7-6-11(17)15-13(16)19/h2-7H,8H2,1H3,(H,14,18)(H,15,17,19). The zero-order chi connectivity index (χ0) is 14.5. The summed E-state index contributed by atoms with van der Waals surface area (Å²) >= 11 is 1.61. The van der Waals surface area contributed by atoms with E-state index >= 15 is 0 Å². The summed E-state index contributed by atoms with van der Waals surface area (Å²) in [5.41, 5.74) is -0.435. The Morgan fingerprint density at radius 2 is 1.95 bits per heavy atom. The molecule has 1 amide bonds. The maximum Gasteiger partial charge on any atom is 0.328 e. The molecule has 2 rings (SSSR count). The van der Waals surface area contributed by atoms with Crippen molar-refractivity contribution in [3.63, 3.8) is 0 Å². The Morgan fingerprint density at radius 1 is 1.25 bits per heavy atom. The van der Waals surface area contributed by atoms with Crippen LogP contribution in [0.25, 0.3) is 0 Å². The number of thioether (sulfide) groups is 1. The molecule has 104 valence electrons. The number of benzene rings is 1. The summed E-state index contributed by atoms with van der Waals surface area (Å²) in [5.74, 6) is -0.337. The van der Waals surface area contributed by atoms with E-state index in [1.807, 2.05) is 18.4 Å². The van der Waals surface area contributed by atoms with E-state index in [2.05, 4.69) is 10.3 Å². The van der Waals surface area contributed by atoms with E-state index in [0.29, 0.717) is 5.69 Å². The molecular formula is C13H13N3O3S. The molecule has 0 spiro atoms. The molecule has 1 heterocycles. The highest BCUT2D eigenvalue weighted by atomic mass is 32.2. The van der Waals surface area contributed by atoms with Gasteiger partial charge in [0.25, 0.3) is 5.56 Å². The van der Waals surface area contributed by atoms with E-state index in [-0.39, 0.29) is 12.5 Å². The van der Waals surface area contributed by atoms with Crippen LogP contribution in [0.15, 0.2) is 51.0 Å². The van der Waals surface area contributed by atoms with Crippen LogP contribution in [0.1, 0.15) is 0 Å². The highest BCUT2D eigenvalue weighted by Crippen LogP contribution is 2.17.